The summed E-state index contributed by atoms with van der Waals surface area (Å²) in [6.45, 7) is 4.24. The molecule has 112 valence electrons. The highest BCUT2D eigenvalue weighted by Crippen LogP contribution is 2.18. The van der Waals surface area contributed by atoms with Gasteiger partial charge in [0, 0.05) is 18.4 Å². The maximum Gasteiger partial charge on any atom is 0.319 e. The van der Waals surface area contributed by atoms with Crippen molar-refractivity contribution in [1.29, 1.82) is 0 Å². The fourth-order valence-corrected chi connectivity index (χ4v) is 2.01. The van der Waals surface area contributed by atoms with Gasteiger partial charge in [-0.3, -0.25) is 0 Å². The number of aliphatic hydroxyl groups excluding tert-OH is 1. The van der Waals surface area contributed by atoms with Crippen molar-refractivity contribution in [2.75, 3.05) is 19.0 Å². The number of benzene rings is 1. The molecule has 3 N–H and O–H groups in total. The molecular formula is C15H24N2O3. The molecule has 0 atom stereocenters. The number of carbonyl (C=O) groups excluding carboxylic acids is 1. The van der Waals surface area contributed by atoms with Crippen LogP contribution in [-0.2, 0) is 11.3 Å². The fourth-order valence-electron chi connectivity index (χ4n) is 2.01. The lowest BCUT2D eigenvalue weighted by molar-refractivity contribution is 0.155. The number of rotatable bonds is 7. The molecule has 0 spiro atoms. The Kier molecular flexibility index (Phi) is 6.48. The Hall–Kier alpha value is -1.59. The number of urea groups is 1. The number of ether oxygens (including phenoxy) is 1. The monoisotopic (exact) mass is 280 g/mol. The minimum absolute atomic E-state index is 0.0763. The normalized spacial score (nSPS) is 11.2. The molecular weight excluding hydrogens is 256 g/mol. The summed E-state index contributed by atoms with van der Waals surface area (Å²) in [5.74, 6) is 0. The number of nitrogens with one attached hydrogen (secondary N) is 2. The molecule has 0 saturated heterocycles. The minimum atomic E-state index is -0.569. The van der Waals surface area contributed by atoms with Gasteiger partial charge in [0.1, 0.15) is 0 Å². The zero-order chi connectivity index (χ0) is 15.0. The second-order valence-electron chi connectivity index (χ2n) is 4.81. The number of amides is 2. The molecule has 0 heterocycles. The molecule has 0 fully saturated rings. The number of hydrogen-bond acceptors (Lipinski definition) is 3. The van der Waals surface area contributed by atoms with Gasteiger partial charge in [0.15, 0.2) is 0 Å². The molecule has 0 radical (unpaired) electrons. The summed E-state index contributed by atoms with van der Waals surface area (Å²) in [4.78, 5) is 12.1. The molecule has 5 nitrogen and oxygen atoms in total. The number of methoxy groups -OCH3 is 1. The summed E-state index contributed by atoms with van der Waals surface area (Å²) in [6.07, 6.45) is 1.35. The van der Waals surface area contributed by atoms with Crippen molar-refractivity contribution in [3.8, 4) is 0 Å². The van der Waals surface area contributed by atoms with Crippen LogP contribution in [0.25, 0.3) is 0 Å². The topological polar surface area (TPSA) is 70.6 Å². The van der Waals surface area contributed by atoms with Crippen LogP contribution in [0.5, 0.6) is 0 Å². The molecule has 0 aliphatic carbocycles. The van der Waals surface area contributed by atoms with E-state index in [2.05, 4.69) is 10.6 Å². The van der Waals surface area contributed by atoms with Crippen molar-refractivity contribution in [2.45, 2.75) is 38.8 Å². The van der Waals surface area contributed by atoms with Crippen LogP contribution in [0, 0.1) is 0 Å². The Morgan fingerprint density at radius 2 is 1.95 bits per heavy atom. The minimum Gasteiger partial charge on any atom is -0.394 e. The lowest BCUT2D eigenvalue weighted by Gasteiger charge is -2.30. The Bertz CT molecular complexity index is 423. The van der Waals surface area contributed by atoms with E-state index in [4.69, 9.17) is 4.74 Å². The second kappa shape index (κ2) is 7.87. The van der Waals surface area contributed by atoms with E-state index in [1.165, 1.54) is 0 Å². The van der Waals surface area contributed by atoms with Crippen LogP contribution in [0.15, 0.2) is 24.3 Å². The summed E-state index contributed by atoms with van der Waals surface area (Å²) in [5, 5.41) is 15.1. The molecule has 0 saturated carbocycles. The molecule has 2 amide bonds. The third-order valence-corrected chi connectivity index (χ3v) is 3.60. The first-order valence-electron chi connectivity index (χ1n) is 6.87. The molecule has 0 aliphatic rings. The van der Waals surface area contributed by atoms with Crippen LogP contribution in [0.4, 0.5) is 10.5 Å². The van der Waals surface area contributed by atoms with E-state index < -0.39 is 5.54 Å². The molecule has 0 unspecified atom stereocenters. The van der Waals surface area contributed by atoms with Crippen LogP contribution in [0.3, 0.4) is 0 Å². The van der Waals surface area contributed by atoms with Crippen LogP contribution in [0.1, 0.15) is 32.3 Å². The molecule has 20 heavy (non-hydrogen) atoms. The van der Waals surface area contributed by atoms with Crippen molar-refractivity contribution in [2.24, 2.45) is 0 Å². The highest BCUT2D eigenvalue weighted by atomic mass is 16.5. The molecule has 0 aliphatic heterocycles. The van der Waals surface area contributed by atoms with Crippen LogP contribution in [-0.4, -0.2) is 30.4 Å². The van der Waals surface area contributed by atoms with Gasteiger partial charge >= 0.3 is 6.03 Å². The smallest absolute Gasteiger partial charge is 0.319 e. The van der Waals surface area contributed by atoms with E-state index in [1.807, 2.05) is 38.1 Å². The van der Waals surface area contributed by atoms with E-state index >= 15 is 0 Å². The van der Waals surface area contributed by atoms with Crippen LogP contribution in [0.2, 0.25) is 0 Å². The maximum absolute atomic E-state index is 12.1. The highest BCUT2D eigenvalue weighted by molar-refractivity contribution is 5.90. The molecule has 1 aromatic rings. The first kappa shape index (κ1) is 16.5. The lowest BCUT2D eigenvalue weighted by atomic mass is 9.94. The average Bonchev–Trinajstić information content (AvgIpc) is 2.47. The Morgan fingerprint density at radius 1 is 1.30 bits per heavy atom. The molecule has 0 bridgehead atoms. The summed E-state index contributed by atoms with van der Waals surface area (Å²) >= 11 is 0. The van der Waals surface area contributed by atoms with Gasteiger partial charge in [0.05, 0.1) is 18.8 Å². The van der Waals surface area contributed by atoms with Gasteiger partial charge in [-0.15, -0.1) is 0 Å². The number of anilines is 1. The van der Waals surface area contributed by atoms with Crippen molar-refractivity contribution >= 4 is 11.7 Å². The van der Waals surface area contributed by atoms with Gasteiger partial charge in [-0.25, -0.2) is 4.79 Å². The van der Waals surface area contributed by atoms with Gasteiger partial charge < -0.3 is 20.5 Å². The van der Waals surface area contributed by atoms with Crippen LogP contribution < -0.4 is 10.6 Å². The summed E-state index contributed by atoms with van der Waals surface area (Å²) in [7, 11) is 1.61. The van der Waals surface area contributed by atoms with E-state index in [1.54, 1.807) is 7.11 Å². The Morgan fingerprint density at radius 3 is 2.50 bits per heavy atom. The molecule has 1 rings (SSSR count). The number of para-hydroxylation sites is 1. The van der Waals surface area contributed by atoms with Gasteiger partial charge in [-0.05, 0) is 18.9 Å². The largest absolute Gasteiger partial charge is 0.394 e. The van der Waals surface area contributed by atoms with Crippen molar-refractivity contribution in [3.05, 3.63) is 29.8 Å². The maximum atomic E-state index is 12.1. The average molecular weight is 280 g/mol. The van der Waals surface area contributed by atoms with Crippen molar-refractivity contribution in [3.63, 3.8) is 0 Å². The van der Waals surface area contributed by atoms with Gasteiger partial charge in [0.25, 0.3) is 0 Å². The number of aliphatic hydroxyl groups is 1. The number of hydrogen-bond donors (Lipinski definition) is 3. The fraction of sp³-hybridized carbons (Fsp3) is 0.533. The summed E-state index contributed by atoms with van der Waals surface area (Å²) < 4.78 is 5.10. The van der Waals surface area contributed by atoms with Gasteiger partial charge in [0.2, 0.25) is 0 Å². The first-order chi connectivity index (χ1) is 9.60. The van der Waals surface area contributed by atoms with Crippen LogP contribution >= 0.6 is 0 Å². The van der Waals surface area contributed by atoms with Gasteiger partial charge in [-0.1, -0.05) is 32.0 Å². The first-order valence-corrected chi connectivity index (χ1v) is 6.87. The quantitative estimate of drug-likeness (QED) is 0.718. The lowest BCUT2D eigenvalue weighted by Crippen LogP contribution is -2.52. The van der Waals surface area contributed by atoms with E-state index in [-0.39, 0.29) is 12.6 Å². The third-order valence-electron chi connectivity index (χ3n) is 3.60. The Labute approximate surface area is 120 Å². The zero-order valence-electron chi connectivity index (χ0n) is 12.4. The third kappa shape index (κ3) is 4.21. The van der Waals surface area contributed by atoms with E-state index in [0.717, 1.165) is 5.56 Å². The number of carbonyl (C=O) groups is 1. The SMILES string of the molecule is CCC(CC)(CO)NC(=O)Nc1ccccc1COC. The molecule has 5 heteroatoms. The van der Waals surface area contributed by atoms with Crippen molar-refractivity contribution in [1.82, 2.24) is 5.32 Å². The second-order valence-corrected chi connectivity index (χ2v) is 4.81. The zero-order valence-corrected chi connectivity index (χ0v) is 12.4. The summed E-state index contributed by atoms with van der Waals surface area (Å²) in [5.41, 5.74) is 1.05. The standard InChI is InChI=1S/C15H24N2O3/c1-4-15(5-2,11-18)17-14(19)16-13-9-7-6-8-12(13)10-20-3/h6-9,18H,4-5,10-11H2,1-3H3,(H2,16,17,19). The predicted molar refractivity (Wildman–Crippen MR) is 79.7 cm³/mol. The van der Waals surface area contributed by atoms with Crippen molar-refractivity contribution < 1.29 is 14.6 Å². The van der Waals surface area contributed by atoms with E-state index in [9.17, 15) is 9.90 Å². The summed E-state index contributed by atoms with van der Waals surface area (Å²) in [6, 6.07) is 7.16. The molecule has 0 aromatic heterocycles. The highest BCUT2D eigenvalue weighted by Gasteiger charge is 2.27. The Balaban J connectivity index is 2.76. The van der Waals surface area contributed by atoms with E-state index in [0.29, 0.717) is 25.1 Å². The predicted octanol–water partition coefficient (Wildman–Crippen LogP) is 2.51. The molecule has 1 aromatic carbocycles. The van der Waals surface area contributed by atoms with Gasteiger partial charge in [-0.2, -0.15) is 0 Å².